The highest BCUT2D eigenvalue weighted by Gasteiger charge is 2.29. The van der Waals surface area contributed by atoms with Crippen molar-refractivity contribution in [1.29, 1.82) is 0 Å². The second-order valence-electron chi connectivity index (χ2n) is 4.98. The van der Waals surface area contributed by atoms with Crippen molar-refractivity contribution in [2.45, 2.75) is 6.42 Å². The van der Waals surface area contributed by atoms with Gasteiger partial charge < -0.3 is 15.2 Å². The lowest BCUT2D eigenvalue weighted by Gasteiger charge is -2.16. The maximum atomic E-state index is 12.0. The summed E-state index contributed by atoms with van der Waals surface area (Å²) < 4.78 is 2.08. The molecule has 1 unspecified atom stereocenters. The third-order valence-electron chi connectivity index (χ3n) is 3.72. The molecule has 4 nitrogen and oxygen atoms in total. The normalized spacial score (nSPS) is 20.0. The van der Waals surface area contributed by atoms with E-state index in [1.54, 1.807) is 0 Å². The topological polar surface area (TPSA) is 51.3 Å². The van der Waals surface area contributed by atoms with Gasteiger partial charge in [0.2, 0.25) is 5.91 Å². The molecule has 1 aliphatic heterocycles. The molecule has 1 fully saturated rings. The Hall–Kier alpha value is -1.81. The summed E-state index contributed by atoms with van der Waals surface area (Å²) in [7, 11) is 2.02. The first-order valence-corrected chi connectivity index (χ1v) is 6.24. The Bertz CT molecular complexity index is 602. The third kappa shape index (κ3) is 1.69. The lowest BCUT2D eigenvalue weighted by molar-refractivity contribution is -0.117. The van der Waals surface area contributed by atoms with Crippen molar-refractivity contribution in [2.75, 3.05) is 18.0 Å². The Morgan fingerprint density at radius 2 is 2.22 bits per heavy atom. The minimum atomic E-state index is 0.181. The number of hydrogen-bond acceptors (Lipinski definition) is 2. The van der Waals surface area contributed by atoms with Crippen molar-refractivity contribution in [1.82, 2.24) is 4.57 Å². The van der Waals surface area contributed by atoms with Crippen LogP contribution in [0.3, 0.4) is 0 Å². The molecule has 0 bridgehead atoms. The number of aromatic nitrogens is 1. The average Bonchev–Trinajstić information content (AvgIpc) is 2.93. The van der Waals surface area contributed by atoms with Crippen LogP contribution < -0.4 is 10.6 Å². The fraction of sp³-hybridized carbons (Fsp3) is 0.357. The number of aryl methyl sites for hydroxylation is 1. The second-order valence-corrected chi connectivity index (χ2v) is 4.98. The summed E-state index contributed by atoms with van der Waals surface area (Å²) in [6.07, 6.45) is 2.60. The van der Waals surface area contributed by atoms with Gasteiger partial charge in [0.15, 0.2) is 0 Å². The quantitative estimate of drug-likeness (QED) is 0.868. The lowest BCUT2D eigenvalue weighted by Crippen LogP contribution is -2.25. The van der Waals surface area contributed by atoms with E-state index in [-0.39, 0.29) is 5.91 Å². The number of carbonyl (C=O) groups excluding carboxylic acids is 1. The maximum Gasteiger partial charge on any atom is 0.227 e. The number of amides is 1. The van der Waals surface area contributed by atoms with Gasteiger partial charge >= 0.3 is 0 Å². The maximum absolute atomic E-state index is 12.0. The van der Waals surface area contributed by atoms with Crippen molar-refractivity contribution in [3.8, 4) is 0 Å². The minimum absolute atomic E-state index is 0.181. The van der Waals surface area contributed by atoms with Crippen molar-refractivity contribution >= 4 is 22.5 Å². The first kappa shape index (κ1) is 11.3. The number of fused-ring (bicyclic) bond motifs is 1. The largest absolute Gasteiger partial charge is 0.351 e. The monoisotopic (exact) mass is 243 g/mol. The van der Waals surface area contributed by atoms with Gasteiger partial charge in [-0.2, -0.15) is 0 Å². The third-order valence-corrected chi connectivity index (χ3v) is 3.72. The molecule has 2 aromatic rings. The molecule has 1 saturated heterocycles. The van der Waals surface area contributed by atoms with E-state index in [0.717, 1.165) is 12.2 Å². The first-order chi connectivity index (χ1) is 8.69. The Labute approximate surface area is 106 Å². The fourth-order valence-electron chi connectivity index (χ4n) is 2.63. The summed E-state index contributed by atoms with van der Waals surface area (Å²) in [4.78, 5) is 13.8. The van der Waals surface area contributed by atoms with E-state index in [0.29, 0.717) is 18.9 Å². The molecule has 4 heteroatoms. The van der Waals surface area contributed by atoms with E-state index in [1.165, 1.54) is 10.9 Å². The molecule has 3 rings (SSSR count). The molecule has 1 atom stereocenters. The highest BCUT2D eigenvalue weighted by Crippen LogP contribution is 2.27. The molecule has 0 saturated carbocycles. The van der Waals surface area contributed by atoms with Crippen LogP contribution in [0.2, 0.25) is 0 Å². The summed E-state index contributed by atoms with van der Waals surface area (Å²) in [6, 6.07) is 8.22. The van der Waals surface area contributed by atoms with Crippen LogP contribution in [0.15, 0.2) is 30.5 Å². The standard InChI is InChI=1S/C14H17N3O/c1-16-5-4-11-7-12(2-3-13(11)16)17-9-10(8-15)6-14(17)18/h2-5,7,10H,6,8-9,15H2,1H3. The number of rotatable bonds is 2. The number of nitrogens with two attached hydrogens (primary N) is 1. The van der Waals surface area contributed by atoms with Crippen LogP contribution in [0.25, 0.3) is 10.9 Å². The zero-order valence-electron chi connectivity index (χ0n) is 10.5. The van der Waals surface area contributed by atoms with E-state index >= 15 is 0 Å². The SMILES string of the molecule is Cn1ccc2cc(N3CC(CN)CC3=O)ccc21. The molecule has 2 N–H and O–H groups in total. The Balaban J connectivity index is 1.97. The smallest absolute Gasteiger partial charge is 0.227 e. The highest BCUT2D eigenvalue weighted by atomic mass is 16.2. The van der Waals surface area contributed by atoms with Gasteiger partial charge in [-0.1, -0.05) is 0 Å². The van der Waals surface area contributed by atoms with Crippen LogP contribution >= 0.6 is 0 Å². The second kappa shape index (κ2) is 4.14. The molecule has 1 amide bonds. The summed E-state index contributed by atoms with van der Waals surface area (Å²) in [5.41, 5.74) is 7.81. The minimum Gasteiger partial charge on any atom is -0.351 e. The zero-order valence-corrected chi connectivity index (χ0v) is 10.5. The van der Waals surface area contributed by atoms with E-state index in [1.807, 2.05) is 24.2 Å². The van der Waals surface area contributed by atoms with E-state index in [4.69, 9.17) is 5.73 Å². The zero-order chi connectivity index (χ0) is 12.7. The van der Waals surface area contributed by atoms with Crippen LogP contribution in [0, 0.1) is 5.92 Å². The number of nitrogens with zero attached hydrogens (tertiary/aromatic N) is 2. The number of benzene rings is 1. The number of anilines is 1. The van der Waals surface area contributed by atoms with Gasteiger partial charge in [0.05, 0.1) is 0 Å². The van der Waals surface area contributed by atoms with Crippen molar-refractivity contribution < 1.29 is 4.79 Å². The molecular weight excluding hydrogens is 226 g/mol. The molecule has 18 heavy (non-hydrogen) atoms. The first-order valence-electron chi connectivity index (χ1n) is 6.24. The van der Waals surface area contributed by atoms with Gasteiger partial charge in [-0.05, 0) is 36.7 Å². The summed E-state index contributed by atoms with van der Waals surface area (Å²) in [5.74, 6) is 0.477. The molecule has 1 aromatic carbocycles. The van der Waals surface area contributed by atoms with Gasteiger partial charge in [0.25, 0.3) is 0 Å². The average molecular weight is 243 g/mol. The van der Waals surface area contributed by atoms with Crippen molar-refractivity contribution in [3.63, 3.8) is 0 Å². The molecule has 1 aliphatic rings. The van der Waals surface area contributed by atoms with Crippen LogP contribution in [-0.2, 0) is 11.8 Å². The van der Waals surface area contributed by atoms with Crippen LogP contribution in [-0.4, -0.2) is 23.6 Å². The van der Waals surface area contributed by atoms with Crippen LogP contribution in [0.1, 0.15) is 6.42 Å². The molecule has 0 aliphatic carbocycles. The summed E-state index contributed by atoms with van der Waals surface area (Å²) >= 11 is 0. The van der Waals surface area contributed by atoms with E-state index in [2.05, 4.69) is 22.8 Å². The van der Waals surface area contributed by atoms with Gasteiger partial charge in [0.1, 0.15) is 0 Å². The molecule has 0 radical (unpaired) electrons. The molecule has 94 valence electrons. The lowest BCUT2D eigenvalue weighted by atomic mass is 10.1. The van der Waals surface area contributed by atoms with Gasteiger partial charge in [-0.3, -0.25) is 4.79 Å². The molecule has 1 aromatic heterocycles. The van der Waals surface area contributed by atoms with Crippen molar-refractivity contribution in [2.24, 2.45) is 18.7 Å². The highest BCUT2D eigenvalue weighted by molar-refractivity contribution is 5.98. The predicted octanol–water partition coefficient (Wildman–Crippen LogP) is 1.49. The van der Waals surface area contributed by atoms with Gasteiger partial charge in [-0.15, -0.1) is 0 Å². The predicted molar refractivity (Wildman–Crippen MR) is 72.4 cm³/mol. The van der Waals surface area contributed by atoms with E-state index < -0.39 is 0 Å². The van der Waals surface area contributed by atoms with Crippen LogP contribution in [0.4, 0.5) is 5.69 Å². The van der Waals surface area contributed by atoms with Crippen molar-refractivity contribution in [3.05, 3.63) is 30.5 Å². The summed E-state index contributed by atoms with van der Waals surface area (Å²) in [6.45, 7) is 1.32. The number of carbonyl (C=O) groups is 1. The fourth-order valence-corrected chi connectivity index (χ4v) is 2.63. The Kier molecular flexibility index (Phi) is 2.59. The molecular formula is C14H17N3O. The van der Waals surface area contributed by atoms with Gasteiger partial charge in [-0.25, -0.2) is 0 Å². The molecule has 0 spiro atoms. The Morgan fingerprint density at radius 3 is 2.94 bits per heavy atom. The van der Waals surface area contributed by atoms with Gasteiger partial charge in [0, 0.05) is 42.8 Å². The molecule has 2 heterocycles. The van der Waals surface area contributed by atoms with Crippen LogP contribution in [0.5, 0.6) is 0 Å². The van der Waals surface area contributed by atoms with E-state index in [9.17, 15) is 4.79 Å². The Morgan fingerprint density at radius 1 is 1.39 bits per heavy atom. The summed E-state index contributed by atoms with van der Waals surface area (Å²) in [5, 5.41) is 1.17. The number of hydrogen-bond donors (Lipinski definition) is 1.